The highest BCUT2D eigenvalue weighted by molar-refractivity contribution is 5.95. The monoisotopic (exact) mass is 360 g/mol. The second kappa shape index (κ2) is 8.12. The summed E-state index contributed by atoms with van der Waals surface area (Å²) >= 11 is 0. The van der Waals surface area contributed by atoms with E-state index in [2.05, 4.69) is 5.16 Å². The summed E-state index contributed by atoms with van der Waals surface area (Å²) in [6.45, 7) is 8.17. The van der Waals surface area contributed by atoms with Crippen LogP contribution in [0.2, 0.25) is 0 Å². The lowest BCUT2D eigenvalue weighted by molar-refractivity contribution is 0.0727. The van der Waals surface area contributed by atoms with Crippen LogP contribution in [-0.4, -0.2) is 42.3 Å². The molecule has 3 rings (SSSR count). The number of carbonyl (C=O) groups excluding carboxylic acids is 1. The third-order valence-electron chi connectivity index (χ3n) is 4.14. The molecule has 140 valence electrons. The summed E-state index contributed by atoms with van der Waals surface area (Å²) < 4.78 is 22.3. The van der Waals surface area contributed by atoms with E-state index in [0.29, 0.717) is 62.1 Å². The minimum atomic E-state index is -0.0817. The minimum Gasteiger partial charge on any atom is -0.490 e. The Bertz CT molecular complexity index is 744. The molecule has 0 spiro atoms. The Kier molecular flexibility index (Phi) is 5.65. The molecule has 0 fully saturated rings. The summed E-state index contributed by atoms with van der Waals surface area (Å²) in [5, 5.41) is 3.81. The van der Waals surface area contributed by atoms with Crippen LogP contribution in [0.3, 0.4) is 0 Å². The molecule has 1 aromatic heterocycles. The fourth-order valence-corrected chi connectivity index (χ4v) is 3.01. The van der Waals surface area contributed by atoms with E-state index in [-0.39, 0.29) is 5.91 Å². The van der Waals surface area contributed by atoms with E-state index in [1.807, 2.05) is 20.8 Å². The largest absolute Gasteiger partial charge is 0.490 e. The van der Waals surface area contributed by atoms with Crippen molar-refractivity contribution in [3.8, 4) is 17.2 Å². The Hall–Kier alpha value is -2.70. The van der Waals surface area contributed by atoms with Crippen LogP contribution < -0.4 is 14.2 Å². The highest BCUT2D eigenvalue weighted by Crippen LogP contribution is 2.39. The Labute approximate surface area is 152 Å². The number of ether oxygens (including phenoxy) is 3. The molecule has 2 heterocycles. The first-order valence-electron chi connectivity index (χ1n) is 8.96. The third kappa shape index (κ3) is 3.61. The van der Waals surface area contributed by atoms with Gasteiger partial charge in [-0.2, -0.15) is 0 Å². The van der Waals surface area contributed by atoms with E-state index in [1.54, 1.807) is 23.2 Å². The molecule has 1 amide bonds. The number of benzene rings is 1. The molecule has 26 heavy (non-hydrogen) atoms. The molecule has 1 aliphatic rings. The van der Waals surface area contributed by atoms with Gasteiger partial charge in [-0.3, -0.25) is 4.79 Å². The van der Waals surface area contributed by atoms with Crippen molar-refractivity contribution in [2.45, 2.75) is 33.7 Å². The predicted octanol–water partition coefficient (Wildman–Crippen LogP) is 3.07. The molecule has 0 bridgehead atoms. The van der Waals surface area contributed by atoms with E-state index < -0.39 is 0 Å². The lowest BCUT2D eigenvalue weighted by Gasteiger charge is -2.26. The van der Waals surface area contributed by atoms with Crippen molar-refractivity contribution in [3.63, 3.8) is 0 Å². The van der Waals surface area contributed by atoms with Crippen LogP contribution in [0.15, 0.2) is 22.9 Å². The van der Waals surface area contributed by atoms with E-state index >= 15 is 0 Å². The fourth-order valence-electron chi connectivity index (χ4n) is 3.01. The molecule has 1 aliphatic heterocycles. The van der Waals surface area contributed by atoms with E-state index in [1.165, 1.54) is 0 Å². The second-order valence-corrected chi connectivity index (χ2v) is 5.85. The van der Waals surface area contributed by atoms with E-state index in [4.69, 9.17) is 18.7 Å². The average molecular weight is 360 g/mol. The number of aromatic nitrogens is 1. The number of hydrogen-bond donors (Lipinski definition) is 0. The van der Waals surface area contributed by atoms with E-state index in [0.717, 1.165) is 11.3 Å². The van der Waals surface area contributed by atoms with Gasteiger partial charge in [-0.25, -0.2) is 0 Å². The molecule has 0 saturated carbocycles. The first kappa shape index (κ1) is 18.1. The molecule has 0 radical (unpaired) electrons. The first-order chi connectivity index (χ1) is 12.7. The van der Waals surface area contributed by atoms with Gasteiger partial charge in [0, 0.05) is 24.1 Å². The van der Waals surface area contributed by atoms with Gasteiger partial charge in [0.15, 0.2) is 11.5 Å². The number of rotatable bonds is 7. The zero-order valence-corrected chi connectivity index (χ0v) is 15.4. The standard InChI is InChI=1S/C19H24N2O5/c1-4-23-16-9-13(10-17(24-5-2)18(16)25-6-3)19(22)21-8-7-15-14(12-21)11-20-26-15/h9-11H,4-8,12H2,1-3H3. The molecule has 7 heteroatoms. The fraction of sp³-hybridized carbons (Fsp3) is 0.474. The molecule has 7 nitrogen and oxygen atoms in total. The van der Waals surface area contributed by atoms with Gasteiger partial charge in [-0.1, -0.05) is 5.16 Å². The summed E-state index contributed by atoms with van der Waals surface area (Å²) in [7, 11) is 0. The quantitative estimate of drug-likeness (QED) is 0.755. The molecule has 0 atom stereocenters. The van der Waals surface area contributed by atoms with Crippen LogP contribution >= 0.6 is 0 Å². The molecule has 2 aromatic rings. The second-order valence-electron chi connectivity index (χ2n) is 5.85. The molecule has 1 aromatic carbocycles. The molecule has 0 aliphatic carbocycles. The number of carbonyl (C=O) groups is 1. The first-order valence-corrected chi connectivity index (χ1v) is 8.96. The van der Waals surface area contributed by atoms with Crippen molar-refractivity contribution in [1.82, 2.24) is 10.1 Å². The number of amides is 1. The van der Waals surface area contributed by atoms with Gasteiger partial charge in [0.1, 0.15) is 5.76 Å². The van der Waals surface area contributed by atoms with Gasteiger partial charge in [-0.05, 0) is 32.9 Å². The maximum Gasteiger partial charge on any atom is 0.254 e. The van der Waals surface area contributed by atoms with Gasteiger partial charge in [0.25, 0.3) is 5.91 Å². The minimum absolute atomic E-state index is 0.0817. The topological polar surface area (TPSA) is 74.0 Å². The maximum absolute atomic E-state index is 13.0. The van der Waals surface area contributed by atoms with Crippen molar-refractivity contribution in [1.29, 1.82) is 0 Å². The third-order valence-corrected chi connectivity index (χ3v) is 4.14. The highest BCUT2D eigenvalue weighted by atomic mass is 16.5. The van der Waals surface area contributed by atoms with Crippen LogP contribution in [-0.2, 0) is 13.0 Å². The molecular formula is C19H24N2O5. The van der Waals surface area contributed by atoms with Crippen molar-refractivity contribution in [2.24, 2.45) is 0 Å². The lowest BCUT2D eigenvalue weighted by Crippen LogP contribution is -2.35. The number of nitrogens with zero attached hydrogens (tertiary/aromatic N) is 2. The average Bonchev–Trinajstić information content (AvgIpc) is 3.11. The SMILES string of the molecule is CCOc1cc(C(=O)N2CCc3oncc3C2)cc(OCC)c1OCC. The molecule has 0 saturated heterocycles. The smallest absolute Gasteiger partial charge is 0.254 e. The van der Waals surface area contributed by atoms with Crippen LogP contribution in [0.5, 0.6) is 17.2 Å². The summed E-state index contributed by atoms with van der Waals surface area (Å²) in [5.41, 5.74) is 1.46. The Morgan fingerprint density at radius 3 is 2.38 bits per heavy atom. The van der Waals surface area contributed by atoms with Crippen LogP contribution in [0, 0.1) is 0 Å². The summed E-state index contributed by atoms with van der Waals surface area (Å²) in [5.74, 6) is 2.35. The number of fused-ring (bicyclic) bond motifs is 1. The molecule has 0 N–H and O–H groups in total. The zero-order chi connectivity index (χ0) is 18.5. The molecular weight excluding hydrogens is 336 g/mol. The van der Waals surface area contributed by atoms with Crippen LogP contribution in [0.4, 0.5) is 0 Å². The van der Waals surface area contributed by atoms with Gasteiger partial charge < -0.3 is 23.6 Å². The highest BCUT2D eigenvalue weighted by Gasteiger charge is 2.26. The van der Waals surface area contributed by atoms with Gasteiger partial charge in [-0.15, -0.1) is 0 Å². The summed E-state index contributed by atoms with van der Waals surface area (Å²) in [4.78, 5) is 14.8. The Morgan fingerprint density at radius 1 is 1.12 bits per heavy atom. The molecule has 0 unspecified atom stereocenters. The van der Waals surface area contributed by atoms with Gasteiger partial charge in [0.2, 0.25) is 5.75 Å². The number of hydrogen-bond acceptors (Lipinski definition) is 6. The lowest BCUT2D eigenvalue weighted by atomic mass is 10.1. The van der Waals surface area contributed by atoms with Gasteiger partial charge >= 0.3 is 0 Å². The summed E-state index contributed by atoms with van der Waals surface area (Å²) in [6.07, 6.45) is 2.33. The van der Waals surface area contributed by atoms with Crippen LogP contribution in [0.25, 0.3) is 0 Å². The van der Waals surface area contributed by atoms with Gasteiger partial charge in [0.05, 0.1) is 32.6 Å². The van der Waals surface area contributed by atoms with Crippen molar-refractivity contribution >= 4 is 5.91 Å². The zero-order valence-electron chi connectivity index (χ0n) is 15.4. The van der Waals surface area contributed by atoms with Crippen molar-refractivity contribution in [3.05, 3.63) is 35.2 Å². The normalized spacial score (nSPS) is 13.3. The van der Waals surface area contributed by atoms with Crippen LogP contribution in [0.1, 0.15) is 42.5 Å². The maximum atomic E-state index is 13.0. The van der Waals surface area contributed by atoms with Crippen molar-refractivity contribution < 1.29 is 23.5 Å². The Morgan fingerprint density at radius 2 is 1.77 bits per heavy atom. The Balaban J connectivity index is 1.92. The summed E-state index contributed by atoms with van der Waals surface area (Å²) in [6, 6.07) is 3.45. The predicted molar refractivity (Wildman–Crippen MR) is 94.9 cm³/mol. The van der Waals surface area contributed by atoms with E-state index in [9.17, 15) is 4.79 Å². The van der Waals surface area contributed by atoms with Crippen molar-refractivity contribution in [2.75, 3.05) is 26.4 Å².